The number of nitrogens with zero attached hydrogens (tertiary/aromatic N) is 2. The molecule has 38 heavy (non-hydrogen) atoms. The van der Waals surface area contributed by atoms with Gasteiger partial charge in [0.2, 0.25) is 5.91 Å². The molecule has 1 aromatic heterocycles. The summed E-state index contributed by atoms with van der Waals surface area (Å²) in [7, 11) is 0. The van der Waals surface area contributed by atoms with Gasteiger partial charge in [0.1, 0.15) is 10.5 Å². The Bertz CT molecular complexity index is 1110. The average Bonchev–Trinajstić information content (AvgIpc) is 3.58. The van der Waals surface area contributed by atoms with E-state index in [2.05, 4.69) is 24.1 Å². The van der Waals surface area contributed by atoms with Crippen molar-refractivity contribution >= 4 is 35.0 Å². The summed E-state index contributed by atoms with van der Waals surface area (Å²) in [5.41, 5.74) is -0.371. The molecular formula is C29H41N3O5S. The zero-order valence-electron chi connectivity index (χ0n) is 23.3. The average molecular weight is 544 g/mol. The predicted octanol–water partition coefficient (Wildman–Crippen LogP) is 4.97. The number of thiophene rings is 1. The Morgan fingerprint density at radius 3 is 2.53 bits per heavy atom. The molecule has 208 valence electrons. The van der Waals surface area contributed by atoms with Crippen molar-refractivity contribution in [2.45, 2.75) is 84.8 Å². The summed E-state index contributed by atoms with van der Waals surface area (Å²) in [5.74, 6) is 5.62. The van der Waals surface area contributed by atoms with Gasteiger partial charge in [0, 0.05) is 37.4 Å². The number of carbonyl (C=O) groups is 3. The molecule has 9 heteroatoms. The molecule has 3 fully saturated rings. The lowest BCUT2D eigenvalue weighted by atomic mass is 9.82. The number of carboxylic acid groups (broad SMARTS) is 1. The normalized spacial score (nSPS) is 27.5. The Morgan fingerprint density at radius 1 is 1.21 bits per heavy atom. The van der Waals surface area contributed by atoms with Crippen LogP contribution in [0.2, 0.25) is 0 Å². The largest absolute Gasteiger partial charge is 0.477 e. The smallest absolute Gasteiger partial charge is 0.410 e. The van der Waals surface area contributed by atoms with Crippen LogP contribution in [0.5, 0.6) is 0 Å². The van der Waals surface area contributed by atoms with Crippen LogP contribution < -0.4 is 10.2 Å². The molecule has 0 bridgehead atoms. The summed E-state index contributed by atoms with van der Waals surface area (Å²) in [6.07, 6.45) is 4.51. The fourth-order valence-electron chi connectivity index (χ4n) is 5.50. The second-order valence-electron chi connectivity index (χ2n) is 12.4. The van der Waals surface area contributed by atoms with Crippen molar-refractivity contribution in [1.29, 1.82) is 0 Å². The highest BCUT2D eigenvalue weighted by atomic mass is 32.1. The van der Waals surface area contributed by atoms with Gasteiger partial charge in [-0.25, -0.2) is 9.59 Å². The fourth-order valence-corrected chi connectivity index (χ4v) is 6.34. The summed E-state index contributed by atoms with van der Waals surface area (Å²) in [5, 5.41) is 13.3. The monoisotopic (exact) mass is 543 g/mol. The van der Waals surface area contributed by atoms with Crippen LogP contribution >= 0.6 is 11.3 Å². The van der Waals surface area contributed by atoms with E-state index in [1.807, 2.05) is 27.7 Å². The maximum Gasteiger partial charge on any atom is 0.410 e. The molecule has 1 aliphatic carbocycles. The third-order valence-corrected chi connectivity index (χ3v) is 8.81. The van der Waals surface area contributed by atoms with Crippen molar-refractivity contribution in [1.82, 2.24) is 10.2 Å². The molecule has 1 saturated carbocycles. The Hall–Kier alpha value is -2.57. The Morgan fingerprint density at radius 2 is 1.92 bits per heavy atom. The summed E-state index contributed by atoms with van der Waals surface area (Å²) in [6, 6.07) is 1.43. The topological polar surface area (TPSA) is 99.2 Å². The first-order valence-corrected chi connectivity index (χ1v) is 14.6. The molecule has 2 aliphatic heterocycles. The summed E-state index contributed by atoms with van der Waals surface area (Å²) in [6.45, 7) is 12.4. The van der Waals surface area contributed by atoms with Gasteiger partial charge in [-0.15, -0.1) is 11.3 Å². The minimum Gasteiger partial charge on any atom is -0.477 e. The number of carboxylic acids is 1. The maximum absolute atomic E-state index is 14.1. The molecule has 4 rings (SSSR count). The van der Waals surface area contributed by atoms with Crippen molar-refractivity contribution < 1.29 is 24.2 Å². The molecule has 0 radical (unpaired) electrons. The van der Waals surface area contributed by atoms with Crippen LogP contribution in [0.3, 0.4) is 0 Å². The van der Waals surface area contributed by atoms with E-state index in [0.29, 0.717) is 42.5 Å². The van der Waals surface area contributed by atoms with Crippen LogP contribution in [0.4, 0.5) is 10.5 Å². The number of ether oxygens (including phenoxy) is 1. The number of anilines is 1. The lowest BCUT2D eigenvalue weighted by Crippen LogP contribution is -2.47. The van der Waals surface area contributed by atoms with Gasteiger partial charge in [-0.05, 0) is 78.3 Å². The van der Waals surface area contributed by atoms with Crippen molar-refractivity contribution in [2.24, 2.45) is 17.3 Å². The summed E-state index contributed by atoms with van der Waals surface area (Å²) in [4.78, 5) is 43.5. The van der Waals surface area contributed by atoms with Gasteiger partial charge < -0.3 is 25.0 Å². The number of amides is 2. The second kappa shape index (κ2) is 11.3. The fraction of sp³-hybridized carbons (Fsp3) is 0.690. The van der Waals surface area contributed by atoms with Gasteiger partial charge in [-0.3, -0.25) is 4.79 Å². The lowest BCUT2D eigenvalue weighted by Gasteiger charge is -2.34. The van der Waals surface area contributed by atoms with E-state index in [9.17, 15) is 19.5 Å². The van der Waals surface area contributed by atoms with Gasteiger partial charge in [-0.2, -0.15) is 0 Å². The van der Waals surface area contributed by atoms with Crippen LogP contribution in [-0.4, -0.2) is 65.8 Å². The van der Waals surface area contributed by atoms with E-state index in [0.717, 1.165) is 50.0 Å². The summed E-state index contributed by atoms with van der Waals surface area (Å²) >= 11 is 1.11. The minimum atomic E-state index is -1.07. The number of hydrogen-bond acceptors (Lipinski definition) is 6. The molecule has 3 heterocycles. The van der Waals surface area contributed by atoms with Crippen LogP contribution in [-0.2, 0) is 9.53 Å². The van der Waals surface area contributed by atoms with E-state index >= 15 is 0 Å². The first kappa shape index (κ1) is 28.4. The zero-order valence-corrected chi connectivity index (χ0v) is 24.1. The highest BCUT2D eigenvalue weighted by molar-refractivity contribution is 7.15. The highest BCUT2D eigenvalue weighted by Crippen LogP contribution is 2.38. The Labute approximate surface area is 230 Å². The SMILES string of the molecule is CC(C)(C)C#Cc1cc(N(C(=O)[C@H]2CC[C@H](C)CC2)[C@H]2CCN(C(=O)OC3(C)CCNC3)C2)c(C(=O)O)s1. The molecule has 3 aliphatic rings. The number of hydrogen-bond donors (Lipinski definition) is 2. The lowest BCUT2D eigenvalue weighted by molar-refractivity contribution is -0.124. The number of rotatable bonds is 5. The first-order chi connectivity index (χ1) is 17.8. The third-order valence-electron chi connectivity index (χ3n) is 7.78. The van der Waals surface area contributed by atoms with Gasteiger partial charge in [-0.1, -0.05) is 18.8 Å². The molecule has 2 saturated heterocycles. The number of likely N-dealkylation sites (tertiary alicyclic amines) is 1. The molecule has 1 unspecified atom stereocenters. The maximum atomic E-state index is 14.1. The predicted molar refractivity (Wildman–Crippen MR) is 149 cm³/mol. The van der Waals surface area contributed by atoms with E-state index < -0.39 is 11.6 Å². The van der Waals surface area contributed by atoms with Gasteiger partial charge >= 0.3 is 12.1 Å². The number of nitrogens with one attached hydrogen (secondary N) is 1. The van der Waals surface area contributed by atoms with E-state index in [-0.39, 0.29) is 34.3 Å². The quantitative estimate of drug-likeness (QED) is 0.509. The minimum absolute atomic E-state index is 0.0419. The summed E-state index contributed by atoms with van der Waals surface area (Å²) < 4.78 is 5.85. The molecule has 1 aromatic rings. The van der Waals surface area contributed by atoms with Crippen molar-refractivity contribution in [3.05, 3.63) is 15.8 Å². The van der Waals surface area contributed by atoms with Gasteiger partial charge in [0.15, 0.2) is 0 Å². The molecule has 0 aromatic carbocycles. The Balaban J connectivity index is 1.63. The first-order valence-electron chi connectivity index (χ1n) is 13.8. The molecule has 8 nitrogen and oxygen atoms in total. The van der Waals surface area contributed by atoms with Crippen molar-refractivity contribution in [2.75, 3.05) is 31.1 Å². The number of aromatic carboxylic acids is 1. The van der Waals surface area contributed by atoms with E-state index in [1.54, 1.807) is 15.9 Å². The van der Waals surface area contributed by atoms with Crippen LogP contribution in [0.1, 0.15) is 87.7 Å². The van der Waals surface area contributed by atoms with Crippen LogP contribution in [0.25, 0.3) is 0 Å². The second-order valence-corrected chi connectivity index (χ2v) is 13.5. The molecule has 2 N–H and O–H groups in total. The zero-order chi connectivity index (χ0) is 27.7. The highest BCUT2D eigenvalue weighted by Gasteiger charge is 2.41. The van der Waals surface area contributed by atoms with E-state index in [4.69, 9.17) is 4.74 Å². The van der Waals surface area contributed by atoms with Crippen molar-refractivity contribution in [3.8, 4) is 11.8 Å². The van der Waals surface area contributed by atoms with Gasteiger partial charge in [0.25, 0.3) is 0 Å². The van der Waals surface area contributed by atoms with E-state index in [1.165, 1.54) is 0 Å². The molecule has 0 spiro atoms. The number of carbonyl (C=O) groups excluding carboxylic acids is 2. The Kier molecular flexibility index (Phi) is 8.43. The van der Waals surface area contributed by atoms with Crippen LogP contribution in [0, 0.1) is 29.1 Å². The van der Waals surface area contributed by atoms with Crippen molar-refractivity contribution in [3.63, 3.8) is 0 Å². The molecule has 2 atom stereocenters. The van der Waals surface area contributed by atoms with Gasteiger partial charge in [0.05, 0.1) is 16.6 Å². The van der Waals surface area contributed by atoms with Crippen LogP contribution in [0.15, 0.2) is 6.07 Å². The molecular weight excluding hydrogens is 502 g/mol. The standard InChI is InChI=1S/C29H41N3O5S/c1-19-6-8-20(9-7-19)25(33)32(23-16-22(10-12-28(2,3)4)38-24(23)26(34)35)21-11-15-31(17-21)27(36)37-29(5)13-14-30-18-29/h16,19-21,30H,6-9,11,13-15,17-18H2,1-5H3,(H,34,35)/t19-,20-,21-,29?/m0/s1. The third kappa shape index (κ3) is 6.70. The molecule has 2 amide bonds.